The van der Waals surface area contributed by atoms with Crippen molar-refractivity contribution in [1.82, 2.24) is 10.2 Å². The van der Waals surface area contributed by atoms with Gasteiger partial charge in [0.2, 0.25) is 5.91 Å². The standard InChI is InChI=1S/C19H28N2O3/c1-14-8-6-9-15(12-14)13-20-16(22)19(5)10-7-11-21(19)17(23)24-18(2,3)4/h6,8-9,12H,7,10-11,13H2,1-5H3,(H,20,22)/t19-/m1/s1. The number of aryl methyl sites for hydroxylation is 1. The molecule has 1 aromatic rings. The zero-order valence-corrected chi connectivity index (χ0v) is 15.3. The molecule has 0 saturated carbocycles. The van der Waals surface area contributed by atoms with Crippen LogP contribution in [0.25, 0.3) is 0 Å². The molecule has 1 aliphatic rings. The highest BCUT2D eigenvalue weighted by atomic mass is 16.6. The molecule has 0 bridgehead atoms. The third-order valence-electron chi connectivity index (χ3n) is 4.28. The van der Waals surface area contributed by atoms with Crippen LogP contribution in [0.3, 0.4) is 0 Å². The van der Waals surface area contributed by atoms with E-state index in [-0.39, 0.29) is 5.91 Å². The van der Waals surface area contributed by atoms with Gasteiger partial charge in [0, 0.05) is 13.1 Å². The van der Waals surface area contributed by atoms with Crippen LogP contribution in [0.1, 0.15) is 51.7 Å². The minimum absolute atomic E-state index is 0.132. The van der Waals surface area contributed by atoms with Gasteiger partial charge < -0.3 is 10.1 Å². The van der Waals surface area contributed by atoms with Crippen LogP contribution in [0.2, 0.25) is 0 Å². The van der Waals surface area contributed by atoms with Crippen molar-refractivity contribution in [3.8, 4) is 0 Å². The highest BCUT2D eigenvalue weighted by molar-refractivity contribution is 5.90. The number of carbonyl (C=O) groups excluding carboxylic acids is 2. The average Bonchev–Trinajstić information content (AvgIpc) is 2.86. The largest absolute Gasteiger partial charge is 0.444 e. The van der Waals surface area contributed by atoms with E-state index in [2.05, 4.69) is 5.32 Å². The Morgan fingerprint density at radius 2 is 2.04 bits per heavy atom. The van der Waals surface area contributed by atoms with Crippen LogP contribution in [0.4, 0.5) is 4.79 Å². The summed E-state index contributed by atoms with van der Waals surface area (Å²) in [5.41, 5.74) is 0.781. The van der Waals surface area contributed by atoms with Crippen molar-refractivity contribution in [2.45, 2.75) is 65.1 Å². The van der Waals surface area contributed by atoms with Crippen molar-refractivity contribution in [2.24, 2.45) is 0 Å². The van der Waals surface area contributed by atoms with Crippen LogP contribution >= 0.6 is 0 Å². The minimum Gasteiger partial charge on any atom is -0.444 e. The van der Waals surface area contributed by atoms with E-state index < -0.39 is 17.2 Å². The number of likely N-dealkylation sites (tertiary alicyclic amines) is 1. The molecule has 0 spiro atoms. The summed E-state index contributed by atoms with van der Waals surface area (Å²) < 4.78 is 5.45. The molecule has 2 amide bonds. The lowest BCUT2D eigenvalue weighted by atomic mass is 9.97. The van der Waals surface area contributed by atoms with E-state index in [1.54, 1.807) is 4.90 Å². The lowest BCUT2D eigenvalue weighted by molar-refractivity contribution is -0.131. The quantitative estimate of drug-likeness (QED) is 0.923. The van der Waals surface area contributed by atoms with Crippen LogP contribution in [-0.2, 0) is 16.1 Å². The van der Waals surface area contributed by atoms with Gasteiger partial charge in [-0.15, -0.1) is 0 Å². The zero-order valence-electron chi connectivity index (χ0n) is 15.3. The van der Waals surface area contributed by atoms with E-state index >= 15 is 0 Å². The minimum atomic E-state index is -0.855. The molecule has 1 fully saturated rings. The van der Waals surface area contributed by atoms with Gasteiger partial charge in [-0.3, -0.25) is 9.69 Å². The molecule has 5 heteroatoms. The number of amides is 2. The van der Waals surface area contributed by atoms with Gasteiger partial charge in [-0.25, -0.2) is 4.79 Å². The first-order valence-electron chi connectivity index (χ1n) is 8.46. The maximum atomic E-state index is 12.7. The van der Waals surface area contributed by atoms with E-state index in [0.717, 1.165) is 17.5 Å². The van der Waals surface area contributed by atoms with Gasteiger partial charge in [-0.2, -0.15) is 0 Å². The summed E-state index contributed by atoms with van der Waals surface area (Å²) in [5.74, 6) is -0.132. The Hall–Kier alpha value is -2.04. The van der Waals surface area contributed by atoms with Crippen molar-refractivity contribution >= 4 is 12.0 Å². The lowest BCUT2D eigenvalue weighted by Crippen LogP contribution is -2.56. The van der Waals surface area contributed by atoms with E-state index in [1.165, 1.54) is 0 Å². The molecule has 2 rings (SSSR count). The number of nitrogens with zero attached hydrogens (tertiary/aromatic N) is 1. The molecule has 1 aromatic carbocycles. The molecule has 1 N–H and O–H groups in total. The van der Waals surface area contributed by atoms with Gasteiger partial charge in [0.05, 0.1) is 0 Å². The number of ether oxygens (including phenoxy) is 1. The fraction of sp³-hybridized carbons (Fsp3) is 0.579. The van der Waals surface area contributed by atoms with Gasteiger partial charge >= 0.3 is 6.09 Å². The Morgan fingerprint density at radius 1 is 1.33 bits per heavy atom. The maximum absolute atomic E-state index is 12.7. The van der Waals surface area contributed by atoms with E-state index in [9.17, 15) is 9.59 Å². The average molecular weight is 332 g/mol. The topological polar surface area (TPSA) is 58.6 Å². The smallest absolute Gasteiger partial charge is 0.411 e. The first-order chi connectivity index (χ1) is 11.1. The van der Waals surface area contributed by atoms with Gasteiger partial charge in [0.15, 0.2) is 0 Å². The number of benzene rings is 1. The monoisotopic (exact) mass is 332 g/mol. The fourth-order valence-corrected chi connectivity index (χ4v) is 3.00. The predicted octanol–water partition coefficient (Wildman–Crippen LogP) is 3.40. The maximum Gasteiger partial charge on any atom is 0.411 e. The predicted molar refractivity (Wildman–Crippen MR) is 93.6 cm³/mol. The van der Waals surface area contributed by atoms with Crippen LogP contribution in [-0.4, -0.2) is 34.6 Å². The van der Waals surface area contributed by atoms with Gasteiger partial charge in [0.25, 0.3) is 0 Å². The first kappa shape index (κ1) is 18.3. The van der Waals surface area contributed by atoms with Crippen molar-refractivity contribution in [3.05, 3.63) is 35.4 Å². The number of rotatable bonds is 3. The highest BCUT2D eigenvalue weighted by Gasteiger charge is 2.47. The summed E-state index contributed by atoms with van der Waals surface area (Å²) in [5, 5.41) is 2.97. The molecule has 0 radical (unpaired) electrons. The number of hydrogen-bond donors (Lipinski definition) is 1. The second-order valence-electron chi connectivity index (χ2n) is 7.68. The fourth-order valence-electron chi connectivity index (χ4n) is 3.00. The van der Waals surface area contributed by atoms with Crippen molar-refractivity contribution < 1.29 is 14.3 Å². The number of nitrogens with one attached hydrogen (secondary N) is 1. The molecule has 1 atom stereocenters. The third-order valence-corrected chi connectivity index (χ3v) is 4.28. The molecular weight excluding hydrogens is 304 g/mol. The summed E-state index contributed by atoms with van der Waals surface area (Å²) >= 11 is 0. The second-order valence-corrected chi connectivity index (χ2v) is 7.68. The molecule has 24 heavy (non-hydrogen) atoms. The molecule has 0 aromatic heterocycles. The summed E-state index contributed by atoms with van der Waals surface area (Å²) in [6.07, 6.45) is 1.02. The lowest BCUT2D eigenvalue weighted by Gasteiger charge is -2.35. The first-order valence-corrected chi connectivity index (χ1v) is 8.46. The Bertz CT molecular complexity index is 621. The molecule has 5 nitrogen and oxygen atoms in total. The van der Waals surface area contributed by atoms with Crippen molar-refractivity contribution in [2.75, 3.05) is 6.54 Å². The van der Waals surface area contributed by atoms with Crippen LogP contribution in [0.15, 0.2) is 24.3 Å². The summed E-state index contributed by atoms with van der Waals surface area (Å²) in [4.78, 5) is 26.7. The molecule has 0 unspecified atom stereocenters. The molecular formula is C19H28N2O3. The van der Waals surface area contributed by atoms with Gasteiger partial charge in [-0.05, 0) is 53.0 Å². The van der Waals surface area contributed by atoms with Gasteiger partial charge in [0.1, 0.15) is 11.1 Å². The summed E-state index contributed by atoms with van der Waals surface area (Å²) in [6.45, 7) is 10.3. The van der Waals surface area contributed by atoms with E-state index in [1.807, 2.05) is 58.9 Å². The SMILES string of the molecule is Cc1cccc(CNC(=O)[C@@]2(C)CCCN2C(=O)OC(C)(C)C)c1. The normalized spacial score (nSPS) is 20.8. The zero-order chi connectivity index (χ0) is 18.0. The van der Waals surface area contributed by atoms with Crippen molar-refractivity contribution in [3.63, 3.8) is 0 Å². The second kappa shape index (κ2) is 6.83. The Labute approximate surface area is 144 Å². The highest BCUT2D eigenvalue weighted by Crippen LogP contribution is 2.31. The van der Waals surface area contributed by atoms with E-state index in [0.29, 0.717) is 19.5 Å². The number of carbonyl (C=O) groups is 2. The van der Waals surface area contributed by atoms with Crippen molar-refractivity contribution in [1.29, 1.82) is 0 Å². The molecule has 1 aliphatic heterocycles. The van der Waals surface area contributed by atoms with Gasteiger partial charge in [-0.1, -0.05) is 29.8 Å². The summed E-state index contributed by atoms with van der Waals surface area (Å²) in [6, 6.07) is 8.02. The molecule has 0 aliphatic carbocycles. The molecule has 1 heterocycles. The van der Waals surface area contributed by atoms with Crippen LogP contribution in [0.5, 0.6) is 0 Å². The molecule has 132 valence electrons. The third kappa shape index (κ3) is 4.28. The Kier molecular flexibility index (Phi) is 5.21. The van der Waals surface area contributed by atoms with E-state index in [4.69, 9.17) is 4.74 Å². The van der Waals surface area contributed by atoms with Crippen LogP contribution in [0, 0.1) is 6.92 Å². The summed E-state index contributed by atoms with van der Waals surface area (Å²) in [7, 11) is 0. The molecule has 1 saturated heterocycles. The van der Waals surface area contributed by atoms with Crippen LogP contribution < -0.4 is 5.32 Å². The Morgan fingerprint density at radius 3 is 2.67 bits per heavy atom. The Balaban J connectivity index is 2.04. The number of hydrogen-bond acceptors (Lipinski definition) is 3.